The molecule has 1 fully saturated rings. The molecule has 0 aromatic rings. The van der Waals surface area contributed by atoms with Gasteiger partial charge in [0.05, 0.1) is 18.0 Å². The lowest BCUT2D eigenvalue weighted by atomic mass is 10.1. The van der Waals surface area contributed by atoms with Crippen molar-refractivity contribution in [2.24, 2.45) is 5.73 Å². The van der Waals surface area contributed by atoms with Crippen LogP contribution >= 0.6 is 11.6 Å². The molecule has 0 bridgehead atoms. The smallest absolute Gasteiger partial charge is 0.161 e. The molecule has 1 aliphatic heterocycles. The molecule has 0 amide bonds. The lowest BCUT2D eigenvalue weighted by Crippen LogP contribution is -2.41. The number of hydrogen-bond donors (Lipinski definition) is 3. The van der Waals surface area contributed by atoms with Crippen molar-refractivity contribution in [1.82, 2.24) is 10.6 Å². The highest BCUT2D eigenvalue weighted by Gasteiger charge is 2.21. The number of rotatable bonds is 3. The number of alkyl halides is 1. The maximum Gasteiger partial charge on any atom is 0.161 e. The molecule has 0 aromatic heterocycles. The van der Waals surface area contributed by atoms with Crippen LogP contribution in [0.25, 0.3) is 0 Å². The molecule has 4 N–H and O–H groups in total. The van der Waals surface area contributed by atoms with Crippen LogP contribution in [0.2, 0.25) is 0 Å². The number of nitrogens with one attached hydrogen (secondary N) is 2. The number of halogens is 1. The first-order chi connectivity index (χ1) is 7.24. The SMILES string of the molecule is NC1NC(CNC2=CC=C[C@@H](Cl)C2)CO1. The quantitative estimate of drug-likeness (QED) is 0.608. The van der Waals surface area contributed by atoms with Gasteiger partial charge in [-0.3, -0.25) is 11.1 Å². The number of ether oxygens (including phenoxy) is 1. The maximum absolute atomic E-state index is 6.00. The van der Waals surface area contributed by atoms with Crippen LogP contribution in [-0.2, 0) is 4.74 Å². The molecule has 2 aliphatic rings. The van der Waals surface area contributed by atoms with Crippen LogP contribution < -0.4 is 16.4 Å². The minimum atomic E-state index is -0.321. The molecule has 2 unspecified atom stereocenters. The van der Waals surface area contributed by atoms with E-state index in [1.165, 1.54) is 5.70 Å². The molecular weight excluding hydrogens is 214 g/mol. The van der Waals surface area contributed by atoms with E-state index in [9.17, 15) is 0 Å². The zero-order valence-electron chi connectivity index (χ0n) is 8.45. The third-order valence-corrected chi connectivity index (χ3v) is 2.78. The number of hydrogen-bond acceptors (Lipinski definition) is 4. The van der Waals surface area contributed by atoms with Gasteiger partial charge in [-0.05, 0) is 6.08 Å². The molecule has 84 valence electrons. The first-order valence-corrected chi connectivity index (χ1v) is 5.56. The normalized spacial score (nSPS) is 35.3. The predicted octanol–water partition coefficient (Wildman–Crippen LogP) is 0.258. The van der Waals surface area contributed by atoms with Gasteiger partial charge in [-0.15, -0.1) is 11.6 Å². The summed E-state index contributed by atoms with van der Waals surface area (Å²) in [6, 6.07) is 0.278. The third-order valence-electron chi connectivity index (χ3n) is 2.48. The fourth-order valence-electron chi connectivity index (χ4n) is 1.69. The number of nitrogens with two attached hydrogens (primary N) is 1. The van der Waals surface area contributed by atoms with E-state index in [1.54, 1.807) is 0 Å². The Kier molecular flexibility index (Phi) is 3.64. The minimum Gasteiger partial charge on any atom is -0.387 e. The van der Waals surface area contributed by atoms with Crippen molar-refractivity contribution >= 4 is 11.6 Å². The fraction of sp³-hybridized carbons (Fsp3) is 0.600. The van der Waals surface area contributed by atoms with Crippen LogP contribution in [0.3, 0.4) is 0 Å². The predicted molar refractivity (Wildman–Crippen MR) is 60.3 cm³/mol. The van der Waals surface area contributed by atoms with E-state index in [4.69, 9.17) is 22.1 Å². The molecule has 15 heavy (non-hydrogen) atoms. The molecular formula is C10H16ClN3O. The van der Waals surface area contributed by atoms with Gasteiger partial charge in [-0.1, -0.05) is 12.2 Å². The summed E-state index contributed by atoms with van der Waals surface area (Å²) in [6.45, 7) is 1.47. The van der Waals surface area contributed by atoms with E-state index >= 15 is 0 Å². The molecule has 2 rings (SSSR count). The van der Waals surface area contributed by atoms with Crippen molar-refractivity contribution in [2.75, 3.05) is 13.2 Å². The van der Waals surface area contributed by atoms with E-state index in [0.29, 0.717) is 6.61 Å². The van der Waals surface area contributed by atoms with Gasteiger partial charge in [0, 0.05) is 18.7 Å². The summed E-state index contributed by atoms with van der Waals surface area (Å²) in [5.74, 6) is 0. The summed E-state index contributed by atoms with van der Waals surface area (Å²) >= 11 is 6.00. The average Bonchev–Trinajstić information content (AvgIpc) is 2.62. The van der Waals surface area contributed by atoms with Crippen LogP contribution in [0.4, 0.5) is 0 Å². The zero-order valence-corrected chi connectivity index (χ0v) is 9.20. The molecule has 0 spiro atoms. The molecule has 4 nitrogen and oxygen atoms in total. The lowest BCUT2D eigenvalue weighted by Gasteiger charge is -2.17. The van der Waals surface area contributed by atoms with Crippen LogP contribution in [0.5, 0.6) is 0 Å². The van der Waals surface area contributed by atoms with Gasteiger partial charge >= 0.3 is 0 Å². The summed E-state index contributed by atoms with van der Waals surface area (Å²) in [6.07, 6.45) is 6.55. The van der Waals surface area contributed by atoms with Crippen LogP contribution in [0.15, 0.2) is 23.9 Å². The molecule has 0 radical (unpaired) electrons. The highest BCUT2D eigenvalue weighted by molar-refractivity contribution is 6.22. The Morgan fingerprint density at radius 3 is 3.20 bits per heavy atom. The van der Waals surface area contributed by atoms with Gasteiger partial charge in [-0.25, -0.2) is 0 Å². The Bertz CT molecular complexity index is 280. The van der Waals surface area contributed by atoms with Crippen molar-refractivity contribution in [2.45, 2.75) is 24.2 Å². The Morgan fingerprint density at radius 1 is 1.67 bits per heavy atom. The summed E-state index contributed by atoms with van der Waals surface area (Å²) in [4.78, 5) is 0. The Morgan fingerprint density at radius 2 is 2.53 bits per heavy atom. The van der Waals surface area contributed by atoms with Crippen molar-refractivity contribution in [3.05, 3.63) is 23.9 Å². The standard InChI is InChI=1S/C10H16ClN3O/c11-7-2-1-3-8(4-7)13-5-9-6-15-10(12)14-9/h1-3,7,9-10,13-14H,4-6,12H2/t7-,9?,10?/m1/s1. The highest BCUT2D eigenvalue weighted by atomic mass is 35.5. The first-order valence-electron chi connectivity index (χ1n) is 5.12. The Labute approximate surface area is 94.5 Å². The van der Waals surface area contributed by atoms with E-state index in [2.05, 4.69) is 16.7 Å². The summed E-state index contributed by atoms with van der Waals surface area (Å²) in [5, 5.41) is 6.57. The van der Waals surface area contributed by atoms with Crippen LogP contribution in [0.1, 0.15) is 6.42 Å². The second-order valence-corrected chi connectivity index (χ2v) is 4.36. The van der Waals surface area contributed by atoms with E-state index in [1.807, 2.05) is 12.2 Å². The molecule has 0 saturated carbocycles. The number of allylic oxidation sites excluding steroid dienone is 4. The van der Waals surface area contributed by atoms with E-state index in [0.717, 1.165) is 13.0 Å². The highest BCUT2D eigenvalue weighted by Crippen LogP contribution is 2.15. The zero-order chi connectivity index (χ0) is 10.7. The van der Waals surface area contributed by atoms with Crippen molar-refractivity contribution in [3.8, 4) is 0 Å². The second kappa shape index (κ2) is 4.99. The fourth-order valence-corrected chi connectivity index (χ4v) is 1.94. The van der Waals surface area contributed by atoms with E-state index < -0.39 is 0 Å². The molecule has 1 aliphatic carbocycles. The molecule has 3 atom stereocenters. The van der Waals surface area contributed by atoms with E-state index in [-0.39, 0.29) is 17.8 Å². The summed E-state index contributed by atoms with van der Waals surface area (Å²) < 4.78 is 5.19. The van der Waals surface area contributed by atoms with Gasteiger partial charge < -0.3 is 10.1 Å². The maximum atomic E-state index is 6.00. The summed E-state index contributed by atoms with van der Waals surface area (Å²) in [7, 11) is 0. The molecule has 0 aromatic carbocycles. The monoisotopic (exact) mass is 229 g/mol. The lowest BCUT2D eigenvalue weighted by molar-refractivity contribution is 0.106. The topological polar surface area (TPSA) is 59.3 Å². The second-order valence-electron chi connectivity index (χ2n) is 3.80. The average molecular weight is 230 g/mol. The van der Waals surface area contributed by atoms with Gasteiger partial charge in [0.15, 0.2) is 6.35 Å². The van der Waals surface area contributed by atoms with Crippen molar-refractivity contribution < 1.29 is 4.74 Å². The van der Waals surface area contributed by atoms with Crippen LogP contribution in [-0.4, -0.2) is 30.9 Å². The van der Waals surface area contributed by atoms with Crippen molar-refractivity contribution in [3.63, 3.8) is 0 Å². The van der Waals surface area contributed by atoms with Gasteiger partial charge in [0.25, 0.3) is 0 Å². The first kappa shape index (κ1) is 11.0. The van der Waals surface area contributed by atoms with Gasteiger partial charge in [0.1, 0.15) is 0 Å². The van der Waals surface area contributed by atoms with Crippen LogP contribution in [0, 0.1) is 0 Å². The molecule has 5 heteroatoms. The largest absolute Gasteiger partial charge is 0.387 e. The Hall–Kier alpha value is -0.550. The van der Waals surface area contributed by atoms with Gasteiger partial charge in [0.2, 0.25) is 0 Å². The molecule has 1 saturated heterocycles. The summed E-state index contributed by atoms with van der Waals surface area (Å²) in [5.41, 5.74) is 6.71. The van der Waals surface area contributed by atoms with Gasteiger partial charge in [-0.2, -0.15) is 0 Å². The third kappa shape index (κ3) is 3.21. The minimum absolute atomic E-state index is 0.104. The molecule has 1 heterocycles. The Balaban J connectivity index is 1.74. The van der Waals surface area contributed by atoms with Crippen molar-refractivity contribution in [1.29, 1.82) is 0 Å².